The van der Waals surface area contributed by atoms with Crippen molar-refractivity contribution in [1.29, 1.82) is 0 Å². The molecule has 116 valence electrons. The van der Waals surface area contributed by atoms with Gasteiger partial charge < -0.3 is 14.7 Å². The standard InChI is InChI=1S/C17H19NO4/c1-3-13(2)18(17(19)20)22-16-11-9-15(10-12-16)21-14-7-5-4-6-8-14/h4-13H,3H2,1-2H3,(H,19,20). The Hall–Kier alpha value is -2.69. The molecule has 0 aromatic heterocycles. The monoisotopic (exact) mass is 301 g/mol. The first kappa shape index (κ1) is 15.7. The number of para-hydroxylation sites is 1. The average molecular weight is 301 g/mol. The molecule has 5 heteroatoms. The number of hydroxylamine groups is 2. The van der Waals surface area contributed by atoms with Crippen molar-refractivity contribution in [3.63, 3.8) is 0 Å². The molecule has 0 saturated carbocycles. The van der Waals surface area contributed by atoms with E-state index < -0.39 is 6.09 Å². The lowest BCUT2D eigenvalue weighted by Gasteiger charge is -2.24. The number of hydrogen-bond donors (Lipinski definition) is 1. The van der Waals surface area contributed by atoms with Crippen LogP contribution >= 0.6 is 0 Å². The number of carbonyl (C=O) groups is 1. The van der Waals surface area contributed by atoms with E-state index in [0.717, 1.165) is 10.8 Å². The molecule has 22 heavy (non-hydrogen) atoms. The summed E-state index contributed by atoms with van der Waals surface area (Å²) in [5.74, 6) is 1.84. The fraction of sp³-hybridized carbons (Fsp3) is 0.235. The highest BCUT2D eigenvalue weighted by atomic mass is 16.7. The molecule has 0 aliphatic rings. The quantitative estimate of drug-likeness (QED) is 0.795. The van der Waals surface area contributed by atoms with E-state index in [1.54, 1.807) is 31.2 Å². The van der Waals surface area contributed by atoms with E-state index >= 15 is 0 Å². The van der Waals surface area contributed by atoms with Crippen LogP contribution in [0.3, 0.4) is 0 Å². The summed E-state index contributed by atoms with van der Waals surface area (Å²) in [6, 6.07) is 16.0. The van der Waals surface area contributed by atoms with E-state index in [2.05, 4.69) is 0 Å². The average Bonchev–Trinajstić information content (AvgIpc) is 2.54. The second-order valence-corrected chi connectivity index (χ2v) is 4.84. The van der Waals surface area contributed by atoms with E-state index in [1.807, 2.05) is 37.3 Å². The molecule has 0 fully saturated rings. The molecule has 1 atom stereocenters. The van der Waals surface area contributed by atoms with E-state index in [-0.39, 0.29) is 6.04 Å². The highest BCUT2D eigenvalue weighted by molar-refractivity contribution is 5.64. The van der Waals surface area contributed by atoms with E-state index in [4.69, 9.17) is 14.7 Å². The molecule has 0 aliphatic carbocycles. The third-order valence-electron chi connectivity index (χ3n) is 3.19. The number of amides is 1. The molecule has 1 N–H and O–H groups in total. The minimum atomic E-state index is -1.11. The van der Waals surface area contributed by atoms with Gasteiger partial charge >= 0.3 is 6.09 Å². The molecule has 1 unspecified atom stereocenters. The van der Waals surface area contributed by atoms with Crippen LogP contribution in [0.15, 0.2) is 54.6 Å². The second-order valence-electron chi connectivity index (χ2n) is 4.84. The van der Waals surface area contributed by atoms with Crippen LogP contribution in [0.4, 0.5) is 4.79 Å². The lowest BCUT2D eigenvalue weighted by atomic mass is 10.2. The summed E-state index contributed by atoms with van der Waals surface area (Å²) in [6.45, 7) is 3.70. The van der Waals surface area contributed by atoms with Crippen molar-refractivity contribution < 1.29 is 19.5 Å². The van der Waals surface area contributed by atoms with Crippen LogP contribution in [0, 0.1) is 0 Å². The number of rotatable bonds is 6. The van der Waals surface area contributed by atoms with Gasteiger partial charge in [0.25, 0.3) is 0 Å². The second kappa shape index (κ2) is 7.36. The predicted octanol–water partition coefficient (Wildman–Crippen LogP) is 4.55. The summed E-state index contributed by atoms with van der Waals surface area (Å²) >= 11 is 0. The molecule has 0 radical (unpaired) electrons. The Labute approximate surface area is 129 Å². The zero-order valence-electron chi connectivity index (χ0n) is 12.6. The maximum absolute atomic E-state index is 11.2. The molecule has 2 rings (SSSR count). The molecule has 0 spiro atoms. The van der Waals surface area contributed by atoms with Gasteiger partial charge in [0.15, 0.2) is 5.75 Å². The summed E-state index contributed by atoms with van der Waals surface area (Å²) in [7, 11) is 0. The fourth-order valence-electron chi connectivity index (χ4n) is 1.79. The van der Waals surface area contributed by atoms with E-state index in [9.17, 15) is 4.79 Å². The third kappa shape index (κ3) is 4.15. The van der Waals surface area contributed by atoms with Gasteiger partial charge in [0.05, 0.1) is 6.04 Å². The number of hydrogen-bond acceptors (Lipinski definition) is 3. The minimum Gasteiger partial charge on any atom is -0.463 e. The number of benzene rings is 2. The largest absolute Gasteiger partial charge is 0.463 e. The van der Waals surface area contributed by atoms with Gasteiger partial charge in [-0.2, -0.15) is 0 Å². The predicted molar refractivity (Wildman–Crippen MR) is 83.2 cm³/mol. The van der Waals surface area contributed by atoms with Crippen LogP contribution in [-0.4, -0.2) is 22.3 Å². The molecule has 2 aromatic carbocycles. The third-order valence-corrected chi connectivity index (χ3v) is 3.19. The summed E-state index contributed by atoms with van der Waals surface area (Å²) < 4.78 is 5.67. The Balaban J connectivity index is 2.03. The molecular weight excluding hydrogens is 282 g/mol. The van der Waals surface area contributed by atoms with Crippen molar-refractivity contribution >= 4 is 6.09 Å². The highest BCUT2D eigenvalue weighted by Gasteiger charge is 2.20. The molecule has 0 aliphatic heterocycles. The fourth-order valence-corrected chi connectivity index (χ4v) is 1.79. The maximum Gasteiger partial charge on any atom is 0.440 e. The zero-order chi connectivity index (χ0) is 15.9. The van der Waals surface area contributed by atoms with Crippen LogP contribution in [0.5, 0.6) is 17.2 Å². The molecule has 0 bridgehead atoms. The minimum absolute atomic E-state index is 0.224. The van der Waals surface area contributed by atoms with Gasteiger partial charge in [-0.25, -0.2) is 4.79 Å². The molecule has 1 amide bonds. The SMILES string of the molecule is CCC(C)N(Oc1ccc(Oc2ccccc2)cc1)C(=O)O. The van der Waals surface area contributed by atoms with E-state index in [1.165, 1.54) is 0 Å². The van der Waals surface area contributed by atoms with Crippen molar-refractivity contribution in [3.8, 4) is 17.2 Å². The van der Waals surface area contributed by atoms with Crippen LogP contribution in [0.1, 0.15) is 20.3 Å². The summed E-state index contributed by atoms with van der Waals surface area (Å²) in [5.41, 5.74) is 0. The van der Waals surface area contributed by atoms with Crippen LogP contribution in [0.2, 0.25) is 0 Å². The lowest BCUT2D eigenvalue weighted by Crippen LogP contribution is -2.39. The smallest absolute Gasteiger partial charge is 0.440 e. The maximum atomic E-state index is 11.2. The Kier molecular flexibility index (Phi) is 5.25. The molecule has 5 nitrogen and oxygen atoms in total. The number of carboxylic acid groups (broad SMARTS) is 1. The van der Waals surface area contributed by atoms with Crippen LogP contribution < -0.4 is 9.57 Å². The van der Waals surface area contributed by atoms with Gasteiger partial charge in [0.1, 0.15) is 11.5 Å². The first-order valence-electron chi connectivity index (χ1n) is 7.13. The molecule has 2 aromatic rings. The van der Waals surface area contributed by atoms with Gasteiger partial charge in [-0.3, -0.25) is 0 Å². The van der Waals surface area contributed by atoms with Crippen LogP contribution in [-0.2, 0) is 0 Å². The Morgan fingerprint density at radius 3 is 2.14 bits per heavy atom. The van der Waals surface area contributed by atoms with Gasteiger partial charge in [-0.15, -0.1) is 5.06 Å². The highest BCUT2D eigenvalue weighted by Crippen LogP contribution is 2.24. The lowest BCUT2D eigenvalue weighted by molar-refractivity contribution is -0.0645. The summed E-state index contributed by atoms with van der Waals surface area (Å²) in [6.07, 6.45) is -0.444. The van der Waals surface area contributed by atoms with Gasteiger partial charge in [0, 0.05) is 0 Å². The van der Waals surface area contributed by atoms with Gasteiger partial charge in [0.2, 0.25) is 0 Å². The topological polar surface area (TPSA) is 59.0 Å². The van der Waals surface area contributed by atoms with Gasteiger partial charge in [-0.1, -0.05) is 25.1 Å². The van der Waals surface area contributed by atoms with E-state index in [0.29, 0.717) is 17.9 Å². The first-order valence-corrected chi connectivity index (χ1v) is 7.13. The molecular formula is C17H19NO4. The number of nitrogens with zero attached hydrogens (tertiary/aromatic N) is 1. The Bertz CT molecular complexity index is 598. The normalized spacial score (nSPS) is 11.5. The Morgan fingerprint density at radius 2 is 1.59 bits per heavy atom. The Morgan fingerprint density at radius 1 is 1.05 bits per heavy atom. The molecule has 0 heterocycles. The van der Waals surface area contributed by atoms with Crippen molar-refractivity contribution in [2.45, 2.75) is 26.3 Å². The van der Waals surface area contributed by atoms with Crippen molar-refractivity contribution in [2.75, 3.05) is 0 Å². The molecule has 0 saturated heterocycles. The van der Waals surface area contributed by atoms with Crippen molar-refractivity contribution in [1.82, 2.24) is 5.06 Å². The first-order chi connectivity index (χ1) is 10.6. The zero-order valence-corrected chi connectivity index (χ0v) is 12.6. The van der Waals surface area contributed by atoms with Crippen molar-refractivity contribution in [3.05, 3.63) is 54.6 Å². The van der Waals surface area contributed by atoms with Gasteiger partial charge in [-0.05, 0) is 49.7 Å². The van der Waals surface area contributed by atoms with Crippen molar-refractivity contribution in [2.24, 2.45) is 0 Å². The van der Waals surface area contributed by atoms with Crippen LogP contribution in [0.25, 0.3) is 0 Å². The summed E-state index contributed by atoms with van der Waals surface area (Å²) in [4.78, 5) is 16.6. The number of ether oxygens (including phenoxy) is 1. The summed E-state index contributed by atoms with van der Waals surface area (Å²) in [5, 5.41) is 10.1.